The molecule has 0 aliphatic heterocycles. The number of hydrogen-bond acceptors (Lipinski definition) is 4. The lowest BCUT2D eigenvalue weighted by Crippen LogP contribution is -2.21. The van der Waals surface area contributed by atoms with Crippen LogP contribution in [0.25, 0.3) is 27.2 Å². The van der Waals surface area contributed by atoms with Crippen LogP contribution in [-0.4, -0.2) is 27.5 Å². The molecule has 0 spiro atoms. The number of pyridine rings is 1. The smallest absolute Gasteiger partial charge is 0.406 e. The van der Waals surface area contributed by atoms with Gasteiger partial charge < -0.3 is 4.74 Å². The molecule has 0 fully saturated rings. The van der Waals surface area contributed by atoms with E-state index < -0.39 is 30.4 Å². The third-order valence-corrected chi connectivity index (χ3v) is 3.48. The van der Waals surface area contributed by atoms with Crippen molar-refractivity contribution in [2.45, 2.75) is 12.3 Å². The van der Waals surface area contributed by atoms with E-state index in [9.17, 15) is 22.0 Å². The lowest BCUT2D eigenvalue weighted by atomic mass is 10.1. The van der Waals surface area contributed by atoms with E-state index in [1.54, 1.807) is 6.07 Å². The Morgan fingerprint density at radius 2 is 1.67 bits per heavy atom. The summed E-state index contributed by atoms with van der Waals surface area (Å²) >= 11 is 0. The molecule has 3 rings (SSSR count). The third kappa shape index (κ3) is 4.06. The first-order chi connectivity index (χ1) is 12.7. The Kier molecular flexibility index (Phi) is 4.58. The molecule has 27 heavy (non-hydrogen) atoms. The summed E-state index contributed by atoms with van der Waals surface area (Å²) in [5.41, 5.74) is 9.25. The highest BCUT2D eigenvalue weighted by atomic mass is 19.4. The van der Waals surface area contributed by atoms with Gasteiger partial charge in [0.25, 0.3) is 0 Å². The van der Waals surface area contributed by atoms with Crippen molar-refractivity contribution in [3.8, 4) is 16.9 Å². The Labute approximate surface area is 147 Å². The summed E-state index contributed by atoms with van der Waals surface area (Å²) in [6.07, 6.45) is -3.50. The Bertz CT molecular complexity index is 1010. The number of aromatic nitrogens is 3. The van der Waals surface area contributed by atoms with E-state index in [0.29, 0.717) is 11.1 Å². The van der Waals surface area contributed by atoms with Gasteiger partial charge in [0, 0.05) is 11.1 Å². The summed E-state index contributed by atoms with van der Waals surface area (Å²) in [6, 6.07) is 7.90. The van der Waals surface area contributed by atoms with E-state index >= 15 is 0 Å². The molecule has 0 saturated heterocycles. The minimum Gasteiger partial charge on any atom is -0.406 e. The van der Waals surface area contributed by atoms with Gasteiger partial charge in [0.2, 0.25) is 5.82 Å². The Morgan fingerprint density at radius 3 is 2.30 bits per heavy atom. The minimum atomic E-state index is -4.81. The summed E-state index contributed by atoms with van der Waals surface area (Å²) < 4.78 is 69.7. The van der Waals surface area contributed by atoms with E-state index in [2.05, 4.69) is 25.0 Å². The molecule has 2 aromatic heterocycles. The van der Waals surface area contributed by atoms with Crippen molar-refractivity contribution < 1.29 is 26.7 Å². The largest absolute Gasteiger partial charge is 0.573 e. The fourth-order valence-corrected chi connectivity index (χ4v) is 2.35. The van der Waals surface area contributed by atoms with Crippen LogP contribution in [0.2, 0.25) is 0 Å². The summed E-state index contributed by atoms with van der Waals surface area (Å²) in [7, 11) is 0. The predicted octanol–water partition coefficient (Wildman–Crippen LogP) is 4.70. The molecule has 0 N–H and O–H groups in total. The maximum absolute atomic E-state index is 14.1. The number of benzene rings is 1. The van der Waals surface area contributed by atoms with E-state index in [1.807, 2.05) is 0 Å². The van der Waals surface area contributed by atoms with Crippen LogP contribution in [0, 0.1) is 0 Å². The average molecular weight is 384 g/mol. The topological polar surface area (TPSA) is 88.2 Å². The van der Waals surface area contributed by atoms with Gasteiger partial charge in [-0.1, -0.05) is 17.2 Å². The number of halogens is 5. The van der Waals surface area contributed by atoms with E-state index in [-0.39, 0.29) is 5.65 Å². The molecule has 0 aliphatic rings. The number of alkyl halides is 5. The lowest BCUT2D eigenvalue weighted by Gasteiger charge is -2.12. The molecular weight excluding hydrogens is 375 g/mol. The molecule has 0 atom stereocenters. The Morgan fingerprint density at radius 1 is 1.00 bits per heavy atom. The predicted molar refractivity (Wildman–Crippen MR) is 83.0 cm³/mol. The third-order valence-electron chi connectivity index (χ3n) is 3.48. The minimum absolute atomic E-state index is 0.131. The van der Waals surface area contributed by atoms with Crippen molar-refractivity contribution in [2.75, 3.05) is 6.54 Å². The maximum atomic E-state index is 14.1. The molecule has 7 nitrogen and oxygen atoms in total. The van der Waals surface area contributed by atoms with Crippen LogP contribution in [0.1, 0.15) is 5.82 Å². The highest BCUT2D eigenvalue weighted by Gasteiger charge is 2.36. The van der Waals surface area contributed by atoms with Gasteiger partial charge >= 0.3 is 12.3 Å². The fraction of sp³-hybridized carbons (Fsp3) is 0.200. The molecular formula is C15H9F5N6O. The highest BCUT2D eigenvalue weighted by Crippen LogP contribution is 2.30. The second-order valence-corrected chi connectivity index (χ2v) is 5.34. The summed E-state index contributed by atoms with van der Waals surface area (Å²) in [6.45, 7) is -1.13. The van der Waals surface area contributed by atoms with Crippen LogP contribution >= 0.6 is 0 Å². The lowest BCUT2D eigenvalue weighted by molar-refractivity contribution is -0.274. The van der Waals surface area contributed by atoms with Gasteiger partial charge in [0.1, 0.15) is 5.75 Å². The Balaban J connectivity index is 1.97. The van der Waals surface area contributed by atoms with E-state index in [4.69, 9.17) is 5.53 Å². The van der Waals surface area contributed by atoms with Crippen LogP contribution in [0.3, 0.4) is 0 Å². The number of hydrogen-bond donors (Lipinski definition) is 0. The second kappa shape index (κ2) is 6.72. The molecule has 3 aromatic rings. The standard InChI is InChI=1S/C15H9F5N6O/c16-14(17,8-22-25-21)13-24-23-12-6-3-10(7-26(12)13)9-1-4-11(5-2-9)27-15(18,19)20/h1-7H,8H2. The normalized spacial score (nSPS) is 12.0. The molecule has 140 valence electrons. The monoisotopic (exact) mass is 384 g/mol. The molecule has 2 heterocycles. The average Bonchev–Trinajstić information content (AvgIpc) is 3.03. The summed E-state index contributed by atoms with van der Waals surface area (Å²) in [5, 5.41) is 9.95. The van der Waals surface area contributed by atoms with Crippen molar-refractivity contribution in [3.63, 3.8) is 0 Å². The molecule has 0 unspecified atom stereocenters. The molecule has 0 bridgehead atoms. The first-order valence-electron chi connectivity index (χ1n) is 7.30. The zero-order valence-electron chi connectivity index (χ0n) is 13.2. The molecule has 0 aliphatic carbocycles. The van der Waals surface area contributed by atoms with Crippen molar-refractivity contribution >= 4 is 5.65 Å². The highest BCUT2D eigenvalue weighted by molar-refractivity contribution is 5.65. The van der Waals surface area contributed by atoms with Crippen LogP contribution in [0.15, 0.2) is 47.7 Å². The van der Waals surface area contributed by atoms with Crippen LogP contribution in [0.5, 0.6) is 5.75 Å². The number of rotatable bonds is 5. The van der Waals surface area contributed by atoms with Crippen molar-refractivity contribution in [1.29, 1.82) is 0 Å². The van der Waals surface area contributed by atoms with Crippen LogP contribution < -0.4 is 4.74 Å². The Hall–Kier alpha value is -3.40. The molecule has 0 radical (unpaired) electrons. The number of ether oxygens (including phenoxy) is 1. The second-order valence-electron chi connectivity index (χ2n) is 5.34. The summed E-state index contributed by atoms with van der Waals surface area (Å²) in [5.74, 6) is -4.67. The van der Waals surface area contributed by atoms with Crippen molar-refractivity contribution in [1.82, 2.24) is 14.6 Å². The van der Waals surface area contributed by atoms with Gasteiger partial charge in [-0.25, -0.2) is 0 Å². The van der Waals surface area contributed by atoms with Crippen LogP contribution in [-0.2, 0) is 5.92 Å². The van der Waals surface area contributed by atoms with Crippen molar-refractivity contribution in [3.05, 3.63) is 58.9 Å². The molecule has 0 saturated carbocycles. The van der Waals surface area contributed by atoms with Gasteiger partial charge in [-0.2, -0.15) is 8.78 Å². The summed E-state index contributed by atoms with van der Waals surface area (Å²) in [4.78, 5) is 2.31. The SMILES string of the molecule is [N-]=[N+]=NCC(F)(F)c1nnc2ccc(-c3ccc(OC(F)(F)F)cc3)cn12. The quantitative estimate of drug-likeness (QED) is 0.276. The van der Waals surface area contributed by atoms with Gasteiger partial charge in [-0.3, -0.25) is 4.40 Å². The molecule has 1 aromatic carbocycles. The maximum Gasteiger partial charge on any atom is 0.573 e. The number of fused-ring (bicyclic) bond motifs is 1. The van der Waals surface area contributed by atoms with Gasteiger partial charge in [-0.15, -0.1) is 23.4 Å². The van der Waals surface area contributed by atoms with Gasteiger partial charge in [0.05, 0.1) is 6.54 Å². The molecule has 0 amide bonds. The zero-order chi connectivity index (χ0) is 19.7. The van der Waals surface area contributed by atoms with E-state index in [0.717, 1.165) is 16.5 Å². The number of azide groups is 1. The van der Waals surface area contributed by atoms with E-state index in [1.165, 1.54) is 24.4 Å². The van der Waals surface area contributed by atoms with Gasteiger partial charge in [-0.05, 0) is 40.9 Å². The van der Waals surface area contributed by atoms with Gasteiger partial charge in [0.15, 0.2) is 5.65 Å². The molecule has 12 heteroatoms. The fourth-order valence-electron chi connectivity index (χ4n) is 2.35. The van der Waals surface area contributed by atoms with Crippen LogP contribution in [0.4, 0.5) is 22.0 Å². The van der Waals surface area contributed by atoms with Crippen molar-refractivity contribution in [2.24, 2.45) is 5.11 Å². The first-order valence-corrected chi connectivity index (χ1v) is 7.30. The first kappa shape index (κ1) is 18.4. The number of nitrogens with zero attached hydrogens (tertiary/aromatic N) is 6. The zero-order valence-corrected chi connectivity index (χ0v) is 13.2.